The van der Waals surface area contributed by atoms with Gasteiger partial charge >= 0.3 is 11.9 Å². The van der Waals surface area contributed by atoms with Gasteiger partial charge in [0.15, 0.2) is 0 Å². The molecule has 26 heavy (non-hydrogen) atoms. The molecule has 3 aromatic carbocycles. The molecule has 2 N–H and O–H groups in total. The van der Waals surface area contributed by atoms with Crippen molar-refractivity contribution >= 4 is 31.1 Å². The molecule has 3 rings (SSSR count). The predicted octanol–water partition coefficient (Wildman–Crippen LogP) is 3.71. The molecule has 3 aromatic rings. The van der Waals surface area contributed by atoms with Crippen molar-refractivity contribution in [2.45, 2.75) is 6.92 Å². The fraction of sp³-hybridized carbons (Fsp3) is 0.0476. The summed E-state index contributed by atoms with van der Waals surface area (Å²) < 4.78 is 0. The van der Waals surface area contributed by atoms with Crippen LogP contribution in [0.15, 0.2) is 78.9 Å². The predicted molar refractivity (Wildman–Crippen MR) is 106 cm³/mol. The van der Waals surface area contributed by atoms with E-state index < -0.39 is 11.9 Å². The summed E-state index contributed by atoms with van der Waals surface area (Å²) in [6.45, 7) is 1.48. The van der Waals surface area contributed by atoms with Crippen LogP contribution in [0.3, 0.4) is 0 Å². The van der Waals surface area contributed by atoms with Gasteiger partial charge in [-0.1, -0.05) is 75.3 Å². The number of hydrogen-bond acceptors (Lipinski definition) is 2. The van der Waals surface area contributed by atoms with Crippen LogP contribution < -0.4 is 10.6 Å². The molecule has 0 saturated carbocycles. The van der Waals surface area contributed by atoms with E-state index in [2.05, 4.69) is 60.7 Å². The van der Waals surface area contributed by atoms with Gasteiger partial charge in [-0.15, -0.1) is 0 Å². The average molecular weight is 366 g/mol. The molecule has 0 spiro atoms. The number of carboxylic acids is 2. The Hall–Kier alpha value is -2.97. The van der Waals surface area contributed by atoms with Crippen molar-refractivity contribution in [2.75, 3.05) is 0 Å². The molecule has 5 heteroatoms. The third-order valence-electron chi connectivity index (χ3n) is 3.63. The van der Waals surface area contributed by atoms with Gasteiger partial charge in [0, 0.05) is 0 Å². The largest absolute Gasteiger partial charge is 0.478 e. The molecule has 0 amide bonds. The smallest absolute Gasteiger partial charge is 0.335 e. The van der Waals surface area contributed by atoms with E-state index in [9.17, 15) is 9.59 Å². The monoisotopic (exact) mass is 366 g/mol. The van der Waals surface area contributed by atoms with Gasteiger partial charge in [0.2, 0.25) is 0 Å². The maximum Gasteiger partial charge on any atom is 0.335 e. The minimum absolute atomic E-state index is 0.0277. The SMILES string of the molecule is Cc1c(C(=O)O)cccc1C(=O)O.c1ccc(Pc2ccccc2)cc1. The van der Waals surface area contributed by atoms with E-state index in [1.165, 1.54) is 35.7 Å². The van der Waals surface area contributed by atoms with Crippen molar-refractivity contribution in [2.24, 2.45) is 0 Å². The first-order valence-electron chi connectivity index (χ1n) is 7.92. The summed E-state index contributed by atoms with van der Waals surface area (Å²) in [6, 6.07) is 25.3. The molecule has 0 fully saturated rings. The van der Waals surface area contributed by atoms with Gasteiger partial charge < -0.3 is 10.2 Å². The van der Waals surface area contributed by atoms with Gasteiger partial charge in [-0.05, 0) is 35.2 Å². The molecule has 0 heterocycles. The molecule has 0 saturated heterocycles. The van der Waals surface area contributed by atoms with Crippen LogP contribution in [0.25, 0.3) is 0 Å². The lowest BCUT2D eigenvalue weighted by atomic mass is 10.0. The highest BCUT2D eigenvalue weighted by Gasteiger charge is 2.13. The molecule has 0 aliphatic carbocycles. The van der Waals surface area contributed by atoms with Crippen molar-refractivity contribution in [3.05, 3.63) is 95.6 Å². The minimum atomic E-state index is -1.11. The highest BCUT2D eigenvalue weighted by Crippen LogP contribution is 2.13. The second-order valence-electron chi connectivity index (χ2n) is 5.45. The molecular formula is C21H19O4P. The number of carbonyl (C=O) groups is 2. The van der Waals surface area contributed by atoms with Crippen LogP contribution in [0.2, 0.25) is 0 Å². The lowest BCUT2D eigenvalue weighted by molar-refractivity contribution is 0.0696. The van der Waals surface area contributed by atoms with Crippen molar-refractivity contribution in [3.8, 4) is 0 Å². The van der Waals surface area contributed by atoms with E-state index in [4.69, 9.17) is 10.2 Å². The molecular weight excluding hydrogens is 347 g/mol. The summed E-state index contributed by atoms with van der Waals surface area (Å²) in [7, 11) is 0.777. The Balaban J connectivity index is 0.000000187. The van der Waals surface area contributed by atoms with E-state index in [0.29, 0.717) is 0 Å². The molecule has 0 radical (unpaired) electrons. The first kappa shape index (κ1) is 19.4. The number of rotatable bonds is 4. The van der Waals surface area contributed by atoms with Gasteiger partial charge in [-0.25, -0.2) is 9.59 Å². The Labute approximate surface area is 153 Å². The molecule has 132 valence electrons. The summed E-state index contributed by atoms with van der Waals surface area (Å²) in [4.78, 5) is 21.2. The molecule has 0 atom stereocenters. The summed E-state index contributed by atoms with van der Waals surface area (Å²) >= 11 is 0. The Bertz CT molecular complexity index is 807. The Morgan fingerprint density at radius 3 is 1.38 bits per heavy atom. The van der Waals surface area contributed by atoms with Crippen molar-refractivity contribution in [1.29, 1.82) is 0 Å². The van der Waals surface area contributed by atoms with Crippen LogP contribution in [0, 0.1) is 6.92 Å². The zero-order valence-electron chi connectivity index (χ0n) is 14.2. The molecule has 0 unspecified atom stereocenters. The molecule has 4 nitrogen and oxygen atoms in total. The molecule has 0 aromatic heterocycles. The van der Waals surface area contributed by atoms with E-state index >= 15 is 0 Å². The quantitative estimate of drug-likeness (QED) is 0.691. The third-order valence-corrected chi connectivity index (χ3v) is 4.87. The van der Waals surface area contributed by atoms with Crippen molar-refractivity contribution in [3.63, 3.8) is 0 Å². The number of carboxylic acid groups (broad SMARTS) is 2. The van der Waals surface area contributed by atoms with Crippen LogP contribution in [0.4, 0.5) is 0 Å². The lowest BCUT2D eigenvalue weighted by Gasteiger charge is -2.03. The van der Waals surface area contributed by atoms with Crippen molar-refractivity contribution in [1.82, 2.24) is 0 Å². The van der Waals surface area contributed by atoms with Gasteiger partial charge in [0.05, 0.1) is 11.1 Å². The zero-order valence-corrected chi connectivity index (χ0v) is 15.2. The number of aromatic carboxylic acids is 2. The molecule has 0 bridgehead atoms. The first-order chi connectivity index (χ1) is 12.5. The van der Waals surface area contributed by atoms with Crippen LogP contribution in [0.5, 0.6) is 0 Å². The van der Waals surface area contributed by atoms with Gasteiger partial charge in [0.1, 0.15) is 0 Å². The minimum Gasteiger partial charge on any atom is -0.478 e. The maximum absolute atomic E-state index is 10.6. The van der Waals surface area contributed by atoms with E-state index in [1.807, 2.05) is 0 Å². The Morgan fingerprint density at radius 1 is 0.654 bits per heavy atom. The van der Waals surface area contributed by atoms with Crippen LogP contribution >= 0.6 is 8.58 Å². The Kier molecular flexibility index (Phi) is 7.07. The standard InChI is InChI=1S/C12H11P.C9H8O4/c1-3-7-11(8-4-1)13-12-9-5-2-6-10-12;1-5-6(8(10)11)3-2-4-7(5)9(12)13/h1-10,13H;2-4H,1H3,(H,10,11)(H,12,13). The fourth-order valence-electron chi connectivity index (χ4n) is 2.31. The maximum atomic E-state index is 10.6. The van der Waals surface area contributed by atoms with E-state index in [-0.39, 0.29) is 16.7 Å². The summed E-state index contributed by atoms with van der Waals surface area (Å²) in [5, 5.41) is 20.2. The van der Waals surface area contributed by atoms with E-state index in [1.54, 1.807) is 0 Å². The van der Waals surface area contributed by atoms with Gasteiger partial charge in [0.25, 0.3) is 0 Å². The van der Waals surface area contributed by atoms with Gasteiger partial charge in [-0.3, -0.25) is 0 Å². The normalized spacial score (nSPS) is 9.73. The average Bonchev–Trinajstić information content (AvgIpc) is 2.63. The van der Waals surface area contributed by atoms with Crippen LogP contribution in [-0.2, 0) is 0 Å². The van der Waals surface area contributed by atoms with Crippen LogP contribution in [0.1, 0.15) is 26.3 Å². The Morgan fingerprint density at radius 2 is 1.04 bits per heavy atom. The number of hydrogen-bond donors (Lipinski definition) is 2. The van der Waals surface area contributed by atoms with E-state index in [0.717, 1.165) is 8.58 Å². The van der Waals surface area contributed by atoms with Gasteiger partial charge in [-0.2, -0.15) is 0 Å². The fourth-order valence-corrected chi connectivity index (χ4v) is 3.36. The lowest BCUT2D eigenvalue weighted by Crippen LogP contribution is -2.06. The van der Waals surface area contributed by atoms with Crippen LogP contribution in [-0.4, -0.2) is 22.2 Å². The second kappa shape index (κ2) is 9.50. The zero-order chi connectivity index (χ0) is 18.9. The summed E-state index contributed by atoms with van der Waals surface area (Å²) in [6.07, 6.45) is 0. The molecule has 0 aliphatic rings. The number of benzene rings is 3. The summed E-state index contributed by atoms with van der Waals surface area (Å²) in [5.74, 6) is -2.22. The molecule has 0 aliphatic heterocycles. The first-order valence-corrected chi connectivity index (χ1v) is 8.92. The topological polar surface area (TPSA) is 74.6 Å². The highest BCUT2D eigenvalue weighted by atomic mass is 31.1. The second-order valence-corrected chi connectivity index (χ2v) is 6.85. The third kappa shape index (κ3) is 5.54. The van der Waals surface area contributed by atoms with Crippen molar-refractivity contribution < 1.29 is 19.8 Å². The highest BCUT2D eigenvalue weighted by molar-refractivity contribution is 7.55. The summed E-state index contributed by atoms with van der Waals surface area (Å²) in [5.41, 5.74) is 0.335.